The van der Waals surface area contributed by atoms with Crippen molar-refractivity contribution in [3.05, 3.63) is 38.7 Å². The smallest absolute Gasteiger partial charge is 0.348 e. The second-order valence-corrected chi connectivity index (χ2v) is 6.91. The molecule has 1 heterocycles. The second-order valence-electron chi connectivity index (χ2n) is 5.03. The van der Waals surface area contributed by atoms with Crippen LogP contribution < -0.4 is 5.73 Å². The van der Waals surface area contributed by atoms with E-state index in [1.165, 1.54) is 11.3 Å². The predicted molar refractivity (Wildman–Crippen MR) is 87.7 cm³/mol. The first-order valence-electron chi connectivity index (χ1n) is 6.25. The number of carboxylic acids is 1. The van der Waals surface area contributed by atoms with Gasteiger partial charge in [0.2, 0.25) is 0 Å². The molecule has 2 rings (SSSR count). The third kappa shape index (κ3) is 2.60. The zero-order chi connectivity index (χ0) is 15.0. The van der Waals surface area contributed by atoms with Crippen LogP contribution in [0.3, 0.4) is 0 Å². The van der Waals surface area contributed by atoms with Crippen molar-refractivity contribution in [1.29, 1.82) is 0 Å². The predicted octanol–water partition coefficient (Wildman–Crippen LogP) is 4.89. The van der Waals surface area contributed by atoms with E-state index in [4.69, 9.17) is 5.73 Å². The van der Waals surface area contributed by atoms with E-state index in [9.17, 15) is 9.90 Å². The zero-order valence-corrected chi connectivity index (χ0v) is 13.9. The van der Waals surface area contributed by atoms with Gasteiger partial charge < -0.3 is 10.8 Å². The molecule has 0 atom stereocenters. The minimum atomic E-state index is -0.969. The van der Waals surface area contributed by atoms with Crippen LogP contribution in [0, 0.1) is 6.92 Å². The van der Waals surface area contributed by atoms with Crippen LogP contribution in [0.1, 0.15) is 40.6 Å². The fourth-order valence-corrected chi connectivity index (χ4v) is 4.27. The second kappa shape index (κ2) is 5.58. The molecule has 0 aliphatic carbocycles. The number of halogens is 1. The SMILES string of the molecule is Cc1ccc(-c2sc(C(=O)O)c(N)c2C(C)C)c(Br)c1. The zero-order valence-electron chi connectivity index (χ0n) is 11.5. The van der Waals surface area contributed by atoms with Crippen LogP contribution in [0.15, 0.2) is 22.7 Å². The lowest BCUT2D eigenvalue weighted by atomic mass is 9.98. The van der Waals surface area contributed by atoms with Crippen LogP contribution in [0.5, 0.6) is 0 Å². The molecule has 0 radical (unpaired) electrons. The summed E-state index contributed by atoms with van der Waals surface area (Å²) in [7, 11) is 0. The number of nitrogens with two attached hydrogens (primary N) is 1. The van der Waals surface area contributed by atoms with Crippen LogP contribution in [-0.2, 0) is 0 Å². The van der Waals surface area contributed by atoms with Crippen molar-refractivity contribution in [3.8, 4) is 10.4 Å². The molecular weight excluding hydrogens is 338 g/mol. The Morgan fingerprint density at radius 2 is 2.05 bits per heavy atom. The van der Waals surface area contributed by atoms with Crippen molar-refractivity contribution in [2.24, 2.45) is 0 Å². The normalized spacial score (nSPS) is 11.1. The summed E-state index contributed by atoms with van der Waals surface area (Å²) in [6.45, 7) is 6.06. The minimum Gasteiger partial charge on any atom is -0.477 e. The molecule has 0 amide bonds. The first-order valence-corrected chi connectivity index (χ1v) is 7.85. The molecule has 1 aromatic carbocycles. The number of aryl methyl sites for hydroxylation is 1. The number of benzene rings is 1. The van der Waals surface area contributed by atoms with E-state index in [1.807, 2.05) is 39.0 Å². The summed E-state index contributed by atoms with van der Waals surface area (Å²) in [4.78, 5) is 12.4. The highest BCUT2D eigenvalue weighted by Crippen LogP contribution is 2.44. The molecule has 5 heteroatoms. The van der Waals surface area contributed by atoms with Gasteiger partial charge in [0, 0.05) is 14.9 Å². The monoisotopic (exact) mass is 353 g/mol. The quantitative estimate of drug-likeness (QED) is 0.825. The van der Waals surface area contributed by atoms with Gasteiger partial charge in [0.15, 0.2) is 0 Å². The summed E-state index contributed by atoms with van der Waals surface area (Å²) in [6.07, 6.45) is 0. The Morgan fingerprint density at radius 1 is 1.40 bits per heavy atom. The first kappa shape index (κ1) is 15.1. The molecule has 20 heavy (non-hydrogen) atoms. The van der Waals surface area contributed by atoms with Crippen molar-refractivity contribution >= 4 is 38.9 Å². The largest absolute Gasteiger partial charge is 0.477 e. The summed E-state index contributed by atoms with van der Waals surface area (Å²) in [5, 5.41) is 9.26. The van der Waals surface area contributed by atoms with Gasteiger partial charge >= 0.3 is 5.97 Å². The third-order valence-corrected chi connectivity index (χ3v) is 5.02. The molecule has 2 aromatic rings. The highest BCUT2D eigenvalue weighted by molar-refractivity contribution is 9.10. The van der Waals surface area contributed by atoms with E-state index in [1.54, 1.807) is 0 Å². The number of rotatable bonds is 3. The summed E-state index contributed by atoms with van der Waals surface area (Å²) >= 11 is 4.80. The molecule has 0 spiro atoms. The summed E-state index contributed by atoms with van der Waals surface area (Å²) < 4.78 is 0.956. The van der Waals surface area contributed by atoms with E-state index < -0.39 is 5.97 Å². The number of carbonyl (C=O) groups is 1. The maximum absolute atomic E-state index is 11.3. The van der Waals surface area contributed by atoms with E-state index in [0.29, 0.717) is 5.69 Å². The highest BCUT2D eigenvalue weighted by atomic mass is 79.9. The van der Waals surface area contributed by atoms with Gasteiger partial charge in [0.25, 0.3) is 0 Å². The molecule has 1 aromatic heterocycles. The van der Waals surface area contributed by atoms with Gasteiger partial charge in [-0.2, -0.15) is 0 Å². The number of nitrogen functional groups attached to an aromatic ring is 1. The Labute approximate surface area is 130 Å². The van der Waals surface area contributed by atoms with Crippen molar-refractivity contribution in [2.75, 3.05) is 5.73 Å². The number of anilines is 1. The Kier molecular flexibility index (Phi) is 4.20. The molecule has 0 aliphatic rings. The Bertz CT molecular complexity index is 677. The molecule has 0 saturated heterocycles. The van der Waals surface area contributed by atoms with E-state index in [0.717, 1.165) is 26.0 Å². The third-order valence-electron chi connectivity index (χ3n) is 3.12. The summed E-state index contributed by atoms with van der Waals surface area (Å²) in [5.41, 5.74) is 9.48. The van der Waals surface area contributed by atoms with E-state index >= 15 is 0 Å². The number of hydrogen-bond donors (Lipinski definition) is 2. The van der Waals surface area contributed by atoms with Crippen molar-refractivity contribution < 1.29 is 9.90 Å². The molecule has 3 nitrogen and oxygen atoms in total. The topological polar surface area (TPSA) is 63.3 Å². The number of carboxylic acid groups (broad SMARTS) is 1. The maximum atomic E-state index is 11.3. The average Bonchev–Trinajstić information content (AvgIpc) is 2.66. The standard InChI is InChI=1S/C15H16BrNO2S/c1-7(2)11-12(17)14(15(18)19)20-13(11)9-5-4-8(3)6-10(9)16/h4-7H,17H2,1-3H3,(H,18,19). The number of aromatic carboxylic acids is 1. The molecule has 0 aliphatic heterocycles. The van der Waals surface area contributed by atoms with Crippen LogP contribution in [0.2, 0.25) is 0 Å². The summed E-state index contributed by atoms with van der Waals surface area (Å²) in [6, 6.07) is 6.04. The molecule has 0 fully saturated rings. The van der Waals surface area contributed by atoms with Gasteiger partial charge in [-0.25, -0.2) is 4.79 Å². The van der Waals surface area contributed by atoms with Crippen LogP contribution in [0.25, 0.3) is 10.4 Å². The molecule has 0 saturated carbocycles. The Morgan fingerprint density at radius 3 is 2.55 bits per heavy atom. The Balaban J connectivity index is 2.73. The lowest BCUT2D eigenvalue weighted by Crippen LogP contribution is -2.00. The fourth-order valence-electron chi connectivity index (χ4n) is 2.19. The van der Waals surface area contributed by atoms with Crippen LogP contribution >= 0.6 is 27.3 Å². The van der Waals surface area contributed by atoms with Gasteiger partial charge in [-0.1, -0.05) is 41.9 Å². The first-order chi connectivity index (χ1) is 9.32. The molecule has 0 unspecified atom stereocenters. The number of thiophene rings is 1. The molecule has 106 valence electrons. The average molecular weight is 354 g/mol. The molecule has 3 N–H and O–H groups in total. The van der Waals surface area contributed by atoms with E-state index in [-0.39, 0.29) is 10.8 Å². The van der Waals surface area contributed by atoms with Gasteiger partial charge in [0.1, 0.15) is 4.88 Å². The fraction of sp³-hybridized carbons (Fsp3) is 0.267. The van der Waals surface area contributed by atoms with Crippen molar-refractivity contribution in [2.45, 2.75) is 26.7 Å². The lowest BCUT2D eigenvalue weighted by molar-refractivity contribution is 0.0703. The lowest BCUT2D eigenvalue weighted by Gasteiger charge is -2.10. The van der Waals surface area contributed by atoms with Crippen molar-refractivity contribution in [1.82, 2.24) is 0 Å². The maximum Gasteiger partial charge on any atom is 0.348 e. The van der Waals surface area contributed by atoms with Crippen molar-refractivity contribution in [3.63, 3.8) is 0 Å². The Hall–Kier alpha value is -1.33. The molecular formula is C15H16BrNO2S. The minimum absolute atomic E-state index is 0.169. The van der Waals surface area contributed by atoms with Gasteiger partial charge in [-0.05, 0) is 30.0 Å². The number of hydrogen-bond acceptors (Lipinski definition) is 3. The van der Waals surface area contributed by atoms with Crippen LogP contribution in [-0.4, -0.2) is 11.1 Å². The van der Waals surface area contributed by atoms with E-state index in [2.05, 4.69) is 15.9 Å². The molecule has 0 bridgehead atoms. The van der Waals surface area contributed by atoms with Gasteiger partial charge in [-0.15, -0.1) is 11.3 Å². The van der Waals surface area contributed by atoms with Crippen LogP contribution in [0.4, 0.5) is 5.69 Å². The van der Waals surface area contributed by atoms with Gasteiger partial charge in [-0.3, -0.25) is 0 Å². The summed E-state index contributed by atoms with van der Waals surface area (Å²) in [5.74, 6) is -0.800. The van der Waals surface area contributed by atoms with Gasteiger partial charge in [0.05, 0.1) is 5.69 Å². The highest BCUT2D eigenvalue weighted by Gasteiger charge is 2.24.